The van der Waals surface area contributed by atoms with Crippen molar-refractivity contribution in [2.75, 3.05) is 11.1 Å². The van der Waals surface area contributed by atoms with Gasteiger partial charge in [-0.2, -0.15) is 13.2 Å². The Kier molecular flexibility index (Phi) is 6.22. The fraction of sp³-hybridized carbons (Fsp3) is 0.190. The van der Waals surface area contributed by atoms with Crippen LogP contribution in [0.5, 0.6) is 0 Å². The zero-order chi connectivity index (χ0) is 21.0. The van der Waals surface area contributed by atoms with Crippen LogP contribution in [0.2, 0.25) is 0 Å². The quantitative estimate of drug-likeness (QED) is 0.556. The number of hydrogen-bond acceptors (Lipinski definition) is 4. The molecule has 1 heterocycles. The number of rotatable bonds is 5. The molecule has 0 unspecified atom stereocenters. The SMILES string of the molecule is Cc1ccc(-c2ccc(SCC(=O)Nc3cccc(C(F)(F)F)c3)nn2)c(C)c1. The molecule has 0 aliphatic heterocycles. The van der Waals surface area contributed by atoms with Crippen LogP contribution in [0, 0.1) is 13.8 Å². The van der Waals surface area contributed by atoms with Crippen molar-refractivity contribution in [2.45, 2.75) is 25.0 Å². The van der Waals surface area contributed by atoms with E-state index in [9.17, 15) is 18.0 Å². The lowest BCUT2D eigenvalue weighted by Gasteiger charge is -2.10. The van der Waals surface area contributed by atoms with Crippen molar-refractivity contribution < 1.29 is 18.0 Å². The van der Waals surface area contributed by atoms with Gasteiger partial charge in [0.25, 0.3) is 0 Å². The molecule has 1 aromatic heterocycles. The number of benzene rings is 2. The van der Waals surface area contributed by atoms with E-state index in [4.69, 9.17) is 0 Å². The number of aromatic nitrogens is 2. The average Bonchev–Trinajstić information content (AvgIpc) is 2.66. The lowest BCUT2D eigenvalue weighted by atomic mass is 10.0. The molecule has 0 radical (unpaired) electrons. The molecule has 150 valence electrons. The first-order valence-corrected chi connectivity index (χ1v) is 9.72. The van der Waals surface area contributed by atoms with E-state index < -0.39 is 17.6 Å². The van der Waals surface area contributed by atoms with Crippen molar-refractivity contribution in [1.82, 2.24) is 10.2 Å². The Bertz CT molecular complexity index is 1020. The van der Waals surface area contributed by atoms with Gasteiger partial charge in [0.2, 0.25) is 5.91 Å². The molecule has 0 saturated carbocycles. The van der Waals surface area contributed by atoms with E-state index in [1.807, 2.05) is 32.0 Å². The van der Waals surface area contributed by atoms with Crippen LogP contribution in [0.25, 0.3) is 11.3 Å². The monoisotopic (exact) mass is 417 g/mol. The Morgan fingerprint density at radius 3 is 2.48 bits per heavy atom. The highest BCUT2D eigenvalue weighted by Crippen LogP contribution is 2.30. The van der Waals surface area contributed by atoms with Gasteiger partial charge in [-0.25, -0.2) is 0 Å². The first kappa shape index (κ1) is 20.9. The predicted octanol–water partition coefficient (Wildman–Crippen LogP) is 5.51. The maximum atomic E-state index is 12.7. The molecule has 8 heteroatoms. The summed E-state index contributed by atoms with van der Waals surface area (Å²) in [4.78, 5) is 12.1. The molecule has 0 fully saturated rings. The fourth-order valence-corrected chi connectivity index (χ4v) is 3.37. The Morgan fingerprint density at radius 1 is 1.03 bits per heavy atom. The number of anilines is 1. The Labute approximate surface area is 170 Å². The summed E-state index contributed by atoms with van der Waals surface area (Å²) in [6, 6.07) is 14.2. The zero-order valence-corrected chi connectivity index (χ0v) is 16.6. The molecule has 4 nitrogen and oxygen atoms in total. The summed E-state index contributed by atoms with van der Waals surface area (Å²) in [5, 5.41) is 11.4. The van der Waals surface area contributed by atoms with Crippen LogP contribution in [-0.2, 0) is 11.0 Å². The van der Waals surface area contributed by atoms with Crippen LogP contribution in [-0.4, -0.2) is 21.9 Å². The van der Waals surface area contributed by atoms with Crippen LogP contribution < -0.4 is 5.32 Å². The van der Waals surface area contributed by atoms with E-state index in [0.29, 0.717) is 5.03 Å². The predicted molar refractivity (Wildman–Crippen MR) is 108 cm³/mol. The number of halogens is 3. The maximum Gasteiger partial charge on any atom is 0.416 e. The second kappa shape index (κ2) is 8.65. The van der Waals surface area contributed by atoms with E-state index in [1.165, 1.54) is 12.1 Å². The van der Waals surface area contributed by atoms with E-state index >= 15 is 0 Å². The van der Waals surface area contributed by atoms with Crippen molar-refractivity contribution in [3.05, 3.63) is 71.3 Å². The van der Waals surface area contributed by atoms with Crippen LogP contribution in [0.4, 0.5) is 18.9 Å². The van der Waals surface area contributed by atoms with Crippen molar-refractivity contribution in [3.8, 4) is 11.3 Å². The van der Waals surface area contributed by atoms with Gasteiger partial charge in [0.1, 0.15) is 5.03 Å². The number of thioether (sulfide) groups is 1. The Morgan fingerprint density at radius 2 is 1.83 bits per heavy atom. The number of nitrogens with one attached hydrogen (secondary N) is 1. The summed E-state index contributed by atoms with van der Waals surface area (Å²) in [7, 11) is 0. The van der Waals surface area contributed by atoms with Gasteiger partial charge >= 0.3 is 6.18 Å². The van der Waals surface area contributed by atoms with Gasteiger partial charge < -0.3 is 5.32 Å². The van der Waals surface area contributed by atoms with Gasteiger partial charge in [-0.3, -0.25) is 4.79 Å². The normalized spacial score (nSPS) is 11.3. The van der Waals surface area contributed by atoms with Gasteiger partial charge in [0.15, 0.2) is 0 Å². The summed E-state index contributed by atoms with van der Waals surface area (Å²) in [5.41, 5.74) is 3.28. The minimum atomic E-state index is -4.46. The summed E-state index contributed by atoms with van der Waals surface area (Å²) in [6.45, 7) is 4.03. The third-order valence-corrected chi connectivity index (χ3v) is 5.04. The Hall–Kier alpha value is -2.87. The fourth-order valence-electron chi connectivity index (χ4n) is 2.75. The maximum absolute atomic E-state index is 12.7. The van der Waals surface area contributed by atoms with Crippen LogP contribution in [0.1, 0.15) is 16.7 Å². The zero-order valence-electron chi connectivity index (χ0n) is 15.7. The van der Waals surface area contributed by atoms with Gasteiger partial charge in [0, 0.05) is 11.3 Å². The van der Waals surface area contributed by atoms with Crippen molar-refractivity contribution in [2.24, 2.45) is 0 Å². The Balaban J connectivity index is 1.59. The number of carbonyl (C=O) groups is 1. The highest BCUT2D eigenvalue weighted by molar-refractivity contribution is 7.99. The number of hydrogen-bond donors (Lipinski definition) is 1. The van der Waals surface area contributed by atoms with E-state index in [0.717, 1.165) is 46.3 Å². The second-order valence-corrected chi connectivity index (χ2v) is 7.49. The molecule has 2 aromatic carbocycles. The van der Waals surface area contributed by atoms with Crippen molar-refractivity contribution in [3.63, 3.8) is 0 Å². The molecular weight excluding hydrogens is 399 g/mol. The molecule has 0 spiro atoms. The van der Waals surface area contributed by atoms with Crippen molar-refractivity contribution in [1.29, 1.82) is 0 Å². The summed E-state index contributed by atoms with van der Waals surface area (Å²) >= 11 is 1.16. The molecular formula is C21H18F3N3OS. The van der Waals surface area contributed by atoms with Gasteiger partial charge in [0.05, 0.1) is 17.0 Å². The minimum absolute atomic E-state index is 0.00777. The number of alkyl halides is 3. The molecule has 3 aromatic rings. The minimum Gasteiger partial charge on any atom is -0.325 e. The van der Waals surface area contributed by atoms with Crippen LogP contribution >= 0.6 is 11.8 Å². The van der Waals surface area contributed by atoms with E-state index in [2.05, 4.69) is 21.6 Å². The smallest absolute Gasteiger partial charge is 0.325 e. The van der Waals surface area contributed by atoms with Gasteiger partial charge in [-0.15, -0.1) is 10.2 Å². The molecule has 1 N–H and O–H groups in total. The topological polar surface area (TPSA) is 54.9 Å². The largest absolute Gasteiger partial charge is 0.416 e. The molecule has 0 saturated heterocycles. The third kappa shape index (κ3) is 5.57. The summed E-state index contributed by atoms with van der Waals surface area (Å²) in [6.07, 6.45) is -4.46. The molecule has 29 heavy (non-hydrogen) atoms. The van der Waals surface area contributed by atoms with Crippen LogP contribution in [0.3, 0.4) is 0 Å². The third-order valence-electron chi connectivity index (χ3n) is 4.12. The van der Waals surface area contributed by atoms with Crippen molar-refractivity contribution >= 4 is 23.4 Å². The number of carbonyl (C=O) groups excluding carboxylic acids is 1. The first-order valence-electron chi connectivity index (χ1n) is 8.73. The van der Waals surface area contributed by atoms with Crippen LogP contribution in [0.15, 0.2) is 59.6 Å². The summed E-state index contributed by atoms with van der Waals surface area (Å²) < 4.78 is 38.2. The molecule has 0 bridgehead atoms. The molecule has 3 rings (SSSR count). The van der Waals surface area contributed by atoms with Gasteiger partial charge in [-0.1, -0.05) is 41.6 Å². The standard InChI is InChI=1S/C21H18F3N3OS/c1-13-6-7-17(14(2)10-13)18-8-9-20(27-26-18)29-12-19(28)25-16-5-3-4-15(11-16)21(22,23)24/h3-11H,12H2,1-2H3,(H,25,28). The molecule has 0 aliphatic rings. The molecule has 1 amide bonds. The highest BCUT2D eigenvalue weighted by atomic mass is 32.2. The molecule has 0 aliphatic carbocycles. The van der Waals surface area contributed by atoms with E-state index in [-0.39, 0.29) is 11.4 Å². The first-order chi connectivity index (χ1) is 13.7. The van der Waals surface area contributed by atoms with E-state index in [1.54, 1.807) is 6.07 Å². The lowest BCUT2D eigenvalue weighted by molar-refractivity contribution is -0.137. The molecule has 0 atom stereocenters. The number of aryl methyl sites for hydroxylation is 2. The number of nitrogens with zero attached hydrogens (tertiary/aromatic N) is 2. The second-order valence-electron chi connectivity index (χ2n) is 6.49. The summed E-state index contributed by atoms with van der Waals surface area (Å²) in [5.74, 6) is -0.414. The van der Waals surface area contributed by atoms with Gasteiger partial charge in [-0.05, 0) is 49.7 Å². The number of amides is 1. The lowest BCUT2D eigenvalue weighted by Crippen LogP contribution is -2.15. The average molecular weight is 417 g/mol. The highest BCUT2D eigenvalue weighted by Gasteiger charge is 2.30.